The van der Waals surface area contributed by atoms with Crippen molar-refractivity contribution in [2.45, 2.75) is 0 Å². The summed E-state index contributed by atoms with van der Waals surface area (Å²) in [5, 5.41) is 0. The van der Waals surface area contributed by atoms with Crippen LogP contribution < -0.4 is 9.47 Å². The van der Waals surface area contributed by atoms with Crippen molar-refractivity contribution in [2.24, 2.45) is 0 Å². The number of hydrogen-bond acceptors (Lipinski definition) is 4. The largest absolute Gasteiger partial charge is 0.423 e. The first-order chi connectivity index (χ1) is 9.74. The van der Waals surface area contributed by atoms with Crippen LogP contribution in [0.3, 0.4) is 0 Å². The van der Waals surface area contributed by atoms with Gasteiger partial charge in [-0.05, 0) is 24.3 Å². The van der Waals surface area contributed by atoms with Crippen molar-refractivity contribution in [1.29, 1.82) is 0 Å². The van der Waals surface area contributed by atoms with Crippen LogP contribution in [0.2, 0.25) is 0 Å². The summed E-state index contributed by atoms with van der Waals surface area (Å²) in [6.07, 6.45) is 2.05. The molecule has 0 radical (unpaired) electrons. The summed E-state index contributed by atoms with van der Waals surface area (Å²) in [7, 11) is 0. The quantitative estimate of drug-likeness (QED) is 0.444. The maximum atomic E-state index is 11.5. The molecule has 2 aromatic carbocycles. The molecule has 2 aromatic rings. The van der Waals surface area contributed by atoms with Crippen LogP contribution in [0.1, 0.15) is 0 Å². The van der Waals surface area contributed by atoms with E-state index in [4.69, 9.17) is 9.47 Å². The van der Waals surface area contributed by atoms with Gasteiger partial charge in [0.05, 0.1) is 0 Å². The van der Waals surface area contributed by atoms with E-state index in [9.17, 15) is 9.59 Å². The first-order valence-corrected chi connectivity index (χ1v) is 5.96. The molecule has 0 aliphatic carbocycles. The predicted octanol–water partition coefficient (Wildman–Crippen LogP) is 2.75. The molecule has 104 valence electrons. The maximum absolute atomic E-state index is 11.5. The van der Waals surface area contributed by atoms with E-state index in [2.05, 4.69) is 0 Å². The maximum Gasteiger partial charge on any atom is 0.336 e. The van der Waals surface area contributed by atoms with Crippen molar-refractivity contribution in [3.8, 4) is 11.5 Å². The number of hydrogen-bond donors (Lipinski definition) is 0. The smallest absolute Gasteiger partial charge is 0.336 e. The Bertz CT molecular complexity index is 553. The molecular weight excluding hydrogens is 396 g/mol. The zero-order chi connectivity index (χ0) is 14.2. The Morgan fingerprint density at radius 3 is 1.33 bits per heavy atom. The van der Waals surface area contributed by atoms with Gasteiger partial charge in [0.15, 0.2) is 0 Å². The second-order valence-corrected chi connectivity index (χ2v) is 3.80. The van der Waals surface area contributed by atoms with Crippen LogP contribution in [-0.4, -0.2) is 11.9 Å². The fourth-order valence-corrected chi connectivity index (χ4v) is 1.41. The third kappa shape index (κ3) is 6.66. The number of benzene rings is 2. The summed E-state index contributed by atoms with van der Waals surface area (Å²) in [5.41, 5.74) is 0. The number of esters is 2. The topological polar surface area (TPSA) is 52.6 Å². The van der Waals surface area contributed by atoms with Crippen LogP contribution in [0.25, 0.3) is 0 Å². The summed E-state index contributed by atoms with van der Waals surface area (Å²) in [6.45, 7) is 0. The fourth-order valence-electron chi connectivity index (χ4n) is 1.41. The van der Waals surface area contributed by atoms with Crippen molar-refractivity contribution in [1.82, 2.24) is 0 Å². The first kappa shape index (κ1) is 17.5. The molecule has 4 nitrogen and oxygen atoms in total. The van der Waals surface area contributed by atoms with Crippen LogP contribution in [0.5, 0.6) is 11.5 Å². The molecule has 21 heavy (non-hydrogen) atoms. The number of para-hydroxylation sites is 2. The Balaban J connectivity index is 0.00000220. The molecule has 0 heterocycles. The van der Waals surface area contributed by atoms with E-state index >= 15 is 0 Å². The minimum Gasteiger partial charge on any atom is -0.423 e. The Morgan fingerprint density at radius 2 is 1.00 bits per heavy atom. The first-order valence-electron chi connectivity index (χ1n) is 5.96. The second-order valence-electron chi connectivity index (χ2n) is 3.80. The third-order valence-corrected chi connectivity index (χ3v) is 2.28. The molecule has 0 unspecified atom stereocenters. The molecule has 0 spiro atoms. The zero-order valence-corrected chi connectivity index (χ0v) is 14.2. The van der Waals surface area contributed by atoms with Gasteiger partial charge in [-0.3, -0.25) is 0 Å². The molecule has 0 bridgehead atoms. The summed E-state index contributed by atoms with van der Waals surface area (Å²) >= 11 is 0. The van der Waals surface area contributed by atoms with E-state index in [0.29, 0.717) is 11.5 Å². The van der Waals surface area contributed by atoms with Crippen LogP contribution in [0.15, 0.2) is 72.8 Å². The van der Waals surface area contributed by atoms with Gasteiger partial charge in [0.2, 0.25) is 0 Å². The van der Waals surface area contributed by atoms with Crippen molar-refractivity contribution < 1.29 is 60.8 Å². The van der Waals surface area contributed by atoms with E-state index in [1.807, 2.05) is 12.1 Å². The van der Waals surface area contributed by atoms with Gasteiger partial charge in [0.25, 0.3) is 0 Å². The van der Waals surface area contributed by atoms with E-state index < -0.39 is 11.9 Å². The van der Waals surface area contributed by atoms with Crippen LogP contribution in [0, 0.1) is 41.7 Å². The summed E-state index contributed by atoms with van der Waals surface area (Å²) < 4.78 is 9.96. The van der Waals surface area contributed by atoms with Crippen LogP contribution in [0.4, 0.5) is 0 Å². The standard InChI is InChI=1S/C16H12O4.Ce/c17-15(19-13-7-3-1-4-8-13)11-12-16(18)20-14-9-5-2-6-10-14;/h1-12H;/b12-11-;. The number of rotatable bonds is 4. The van der Waals surface area contributed by atoms with Crippen molar-refractivity contribution in [2.75, 3.05) is 0 Å². The van der Waals surface area contributed by atoms with Gasteiger partial charge >= 0.3 is 11.9 Å². The Labute approximate surface area is 156 Å². The molecule has 2 rings (SSSR count). The van der Waals surface area contributed by atoms with Gasteiger partial charge < -0.3 is 9.47 Å². The molecule has 0 atom stereocenters. The molecule has 0 amide bonds. The molecule has 0 aliphatic heterocycles. The van der Waals surface area contributed by atoms with Crippen LogP contribution >= 0.6 is 0 Å². The van der Waals surface area contributed by atoms with E-state index in [-0.39, 0.29) is 41.7 Å². The minimum atomic E-state index is -0.638. The van der Waals surface area contributed by atoms with Gasteiger partial charge in [-0.1, -0.05) is 36.4 Å². The average molecular weight is 408 g/mol. The average Bonchev–Trinajstić information content (AvgIpc) is 2.47. The minimum absolute atomic E-state index is 0. The van der Waals surface area contributed by atoms with Crippen molar-refractivity contribution in [3.05, 3.63) is 72.8 Å². The van der Waals surface area contributed by atoms with E-state index in [1.165, 1.54) is 0 Å². The SMILES string of the molecule is O=C(/C=C\C(=O)Oc1ccccc1)Oc1ccccc1.[Ce]. The van der Waals surface area contributed by atoms with Crippen LogP contribution in [-0.2, 0) is 9.59 Å². The fraction of sp³-hybridized carbons (Fsp3) is 0. The normalized spacial score (nSPS) is 9.71. The predicted molar refractivity (Wildman–Crippen MR) is 73.3 cm³/mol. The van der Waals surface area contributed by atoms with Crippen molar-refractivity contribution in [3.63, 3.8) is 0 Å². The van der Waals surface area contributed by atoms with Gasteiger partial charge in [0, 0.05) is 53.9 Å². The van der Waals surface area contributed by atoms with Crippen molar-refractivity contribution >= 4 is 11.9 Å². The Kier molecular flexibility index (Phi) is 7.88. The van der Waals surface area contributed by atoms with E-state index in [0.717, 1.165) is 12.2 Å². The third-order valence-electron chi connectivity index (χ3n) is 2.28. The Hall–Kier alpha value is -1.50. The van der Waals surface area contributed by atoms with Gasteiger partial charge in [-0.25, -0.2) is 9.59 Å². The molecule has 0 aromatic heterocycles. The van der Waals surface area contributed by atoms with Gasteiger partial charge in [-0.15, -0.1) is 0 Å². The monoisotopic (exact) mass is 408 g/mol. The molecule has 0 fully saturated rings. The van der Waals surface area contributed by atoms with E-state index in [1.54, 1.807) is 48.5 Å². The molecule has 0 N–H and O–H groups in total. The molecule has 5 heteroatoms. The second kappa shape index (κ2) is 9.44. The summed E-state index contributed by atoms with van der Waals surface area (Å²) in [5.74, 6) is -0.445. The Morgan fingerprint density at radius 1 is 0.667 bits per heavy atom. The number of carbonyl (C=O) groups excluding carboxylic acids is 2. The summed E-state index contributed by atoms with van der Waals surface area (Å²) in [4.78, 5) is 22.9. The number of ether oxygens (including phenoxy) is 2. The summed E-state index contributed by atoms with van der Waals surface area (Å²) in [6, 6.07) is 17.2. The van der Waals surface area contributed by atoms with Gasteiger partial charge in [-0.2, -0.15) is 0 Å². The molecule has 0 saturated heterocycles. The zero-order valence-electron chi connectivity index (χ0n) is 11.1. The number of carbonyl (C=O) groups is 2. The molecular formula is C16H12CeO4. The molecule has 0 aliphatic rings. The molecule has 0 saturated carbocycles. The van der Waals surface area contributed by atoms with Gasteiger partial charge in [0.1, 0.15) is 11.5 Å².